The molecule has 0 unspecified atom stereocenters. The molecule has 1 aliphatic carbocycles. The summed E-state index contributed by atoms with van der Waals surface area (Å²) in [7, 11) is 1.51. The van der Waals surface area contributed by atoms with Crippen molar-refractivity contribution in [3.8, 4) is 11.5 Å². The van der Waals surface area contributed by atoms with E-state index in [2.05, 4.69) is 10.6 Å². The van der Waals surface area contributed by atoms with Gasteiger partial charge in [-0.15, -0.1) is 0 Å². The fourth-order valence-electron chi connectivity index (χ4n) is 4.74. The van der Waals surface area contributed by atoms with E-state index in [1.807, 2.05) is 36.4 Å². The number of carbonyl (C=O) groups is 3. The average Bonchev–Trinajstić information content (AvgIpc) is 3.05. The van der Waals surface area contributed by atoms with Gasteiger partial charge < -0.3 is 20.1 Å². The normalized spacial score (nSPS) is 16.6. The highest BCUT2D eigenvalue weighted by Crippen LogP contribution is 2.42. The fraction of sp³-hybridized carbons (Fsp3) is 0.207. The van der Waals surface area contributed by atoms with Crippen LogP contribution >= 0.6 is 0 Å². The molecule has 182 valence electrons. The van der Waals surface area contributed by atoms with Crippen molar-refractivity contribution in [2.45, 2.75) is 32.2 Å². The number of hydrogen-bond acceptors (Lipinski definition) is 7. The third-order valence-corrected chi connectivity index (χ3v) is 6.42. The standard InChI is InChI=1S/C29H26N2O5/c1-17(32)36-25-14-12-19(16-26(25)35-2)28-27-22(9-6-10-24(27)33)30-23-15-20(11-13-21(23)31-28)29(34)18-7-4-3-5-8-18/h3-5,7-8,11-16,28,30-31H,6,9-10H2,1-2H3/t28-/m1/s1. The Labute approximate surface area is 209 Å². The van der Waals surface area contributed by atoms with Crippen LogP contribution in [0.25, 0.3) is 0 Å². The van der Waals surface area contributed by atoms with Crippen molar-refractivity contribution in [3.05, 3.63) is 94.7 Å². The number of allylic oxidation sites excluding steroid dienone is 1. The number of fused-ring (bicyclic) bond motifs is 1. The van der Waals surface area contributed by atoms with E-state index in [9.17, 15) is 14.4 Å². The van der Waals surface area contributed by atoms with Gasteiger partial charge in [0.1, 0.15) is 0 Å². The minimum atomic E-state index is -0.447. The second-order valence-corrected chi connectivity index (χ2v) is 8.83. The molecule has 1 atom stereocenters. The van der Waals surface area contributed by atoms with Crippen molar-refractivity contribution in [3.63, 3.8) is 0 Å². The highest BCUT2D eigenvalue weighted by Gasteiger charge is 2.33. The van der Waals surface area contributed by atoms with Crippen molar-refractivity contribution >= 4 is 28.9 Å². The Kier molecular flexibility index (Phi) is 6.29. The van der Waals surface area contributed by atoms with Crippen LogP contribution in [0.15, 0.2) is 78.0 Å². The molecule has 2 N–H and O–H groups in total. The number of hydrogen-bond donors (Lipinski definition) is 2. The molecule has 1 heterocycles. The Morgan fingerprint density at radius 1 is 0.889 bits per heavy atom. The number of Topliss-reactive ketones (excluding diaryl/α,β-unsaturated/α-hetero) is 1. The number of benzene rings is 3. The maximum absolute atomic E-state index is 13.2. The zero-order valence-corrected chi connectivity index (χ0v) is 20.1. The number of nitrogens with one attached hydrogen (secondary N) is 2. The summed E-state index contributed by atoms with van der Waals surface area (Å²) in [5, 5.41) is 6.95. The van der Waals surface area contributed by atoms with Gasteiger partial charge in [-0.05, 0) is 48.7 Å². The minimum Gasteiger partial charge on any atom is -0.493 e. The van der Waals surface area contributed by atoms with E-state index in [0.29, 0.717) is 34.6 Å². The Balaban J connectivity index is 1.57. The van der Waals surface area contributed by atoms with Gasteiger partial charge in [0.15, 0.2) is 23.1 Å². The van der Waals surface area contributed by atoms with Crippen LogP contribution < -0.4 is 20.1 Å². The maximum Gasteiger partial charge on any atom is 0.308 e. The quantitative estimate of drug-likeness (QED) is 0.284. The van der Waals surface area contributed by atoms with Crippen LogP contribution in [0.4, 0.5) is 11.4 Å². The van der Waals surface area contributed by atoms with Crippen molar-refractivity contribution in [1.29, 1.82) is 0 Å². The van der Waals surface area contributed by atoms with E-state index in [1.54, 1.807) is 30.3 Å². The van der Waals surface area contributed by atoms with Gasteiger partial charge >= 0.3 is 5.97 Å². The van der Waals surface area contributed by atoms with Crippen LogP contribution in [0.5, 0.6) is 11.5 Å². The SMILES string of the molecule is COc1cc([C@H]2Nc3ccc(C(=O)c4ccccc4)cc3NC3=C2C(=O)CCC3)ccc1OC(C)=O. The predicted molar refractivity (Wildman–Crippen MR) is 136 cm³/mol. The molecule has 0 aromatic heterocycles. The Morgan fingerprint density at radius 2 is 1.69 bits per heavy atom. The zero-order valence-electron chi connectivity index (χ0n) is 20.1. The lowest BCUT2D eigenvalue weighted by Gasteiger charge is -2.26. The smallest absolute Gasteiger partial charge is 0.308 e. The highest BCUT2D eigenvalue weighted by atomic mass is 16.6. The molecule has 2 aliphatic rings. The Hall–Kier alpha value is -4.39. The molecule has 0 radical (unpaired) electrons. The fourth-order valence-corrected chi connectivity index (χ4v) is 4.74. The summed E-state index contributed by atoms with van der Waals surface area (Å²) in [6, 6.07) is 19.4. The molecular formula is C29H26N2O5. The first-order valence-electron chi connectivity index (χ1n) is 11.8. The molecule has 5 rings (SSSR count). The molecule has 1 aliphatic heterocycles. The molecule has 0 saturated heterocycles. The summed E-state index contributed by atoms with van der Waals surface area (Å²) in [6.45, 7) is 1.33. The number of ketones is 2. The second-order valence-electron chi connectivity index (χ2n) is 8.83. The van der Waals surface area contributed by atoms with E-state index < -0.39 is 12.0 Å². The van der Waals surface area contributed by atoms with Gasteiger partial charge in [-0.25, -0.2) is 0 Å². The monoisotopic (exact) mass is 482 g/mol. The number of methoxy groups -OCH3 is 1. The van der Waals surface area contributed by atoms with Crippen molar-refractivity contribution in [2.24, 2.45) is 0 Å². The van der Waals surface area contributed by atoms with Gasteiger partial charge in [0.05, 0.1) is 24.5 Å². The number of rotatable bonds is 5. The first-order valence-corrected chi connectivity index (χ1v) is 11.8. The molecule has 3 aromatic rings. The third kappa shape index (κ3) is 4.47. The number of esters is 1. The summed E-state index contributed by atoms with van der Waals surface area (Å²) in [5.41, 5.74) is 4.99. The molecule has 0 bridgehead atoms. The average molecular weight is 483 g/mol. The third-order valence-electron chi connectivity index (χ3n) is 6.42. The summed E-state index contributed by atoms with van der Waals surface area (Å²) in [4.78, 5) is 37.7. The van der Waals surface area contributed by atoms with Crippen LogP contribution in [0.3, 0.4) is 0 Å². The lowest BCUT2D eigenvalue weighted by atomic mass is 9.86. The first kappa shape index (κ1) is 23.4. The van der Waals surface area contributed by atoms with Gasteiger partial charge in [0.2, 0.25) is 0 Å². The molecule has 36 heavy (non-hydrogen) atoms. The molecule has 0 fully saturated rings. The molecule has 0 amide bonds. The lowest BCUT2D eigenvalue weighted by Crippen LogP contribution is -2.23. The van der Waals surface area contributed by atoms with E-state index in [-0.39, 0.29) is 11.6 Å². The topological polar surface area (TPSA) is 93.7 Å². The summed E-state index contributed by atoms with van der Waals surface area (Å²) >= 11 is 0. The van der Waals surface area contributed by atoms with Crippen LogP contribution in [0.1, 0.15) is 53.7 Å². The molecule has 3 aromatic carbocycles. The van der Waals surface area contributed by atoms with Crippen LogP contribution in [0, 0.1) is 0 Å². The summed E-state index contributed by atoms with van der Waals surface area (Å²) in [6.07, 6.45) is 1.94. The van der Waals surface area contributed by atoms with Crippen molar-refractivity contribution in [2.75, 3.05) is 17.7 Å². The first-order chi connectivity index (χ1) is 17.4. The van der Waals surface area contributed by atoms with E-state index >= 15 is 0 Å². The molecule has 7 heteroatoms. The van der Waals surface area contributed by atoms with Crippen LogP contribution in [-0.4, -0.2) is 24.6 Å². The molecule has 0 saturated carbocycles. The van der Waals surface area contributed by atoms with Gasteiger partial charge in [-0.2, -0.15) is 0 Å². The van der Waals surface area contributed by atoms with E-state index in [1.165, 1.54) is 14.0 Å². The van der Waals surface area contributed by atoms with Crippen molar-refractivity contribution < 1.29 is 23.9 Å². The lowest BCUT2D eigenvalue weighted by molar-refractivity contribution is -0.132. The highest BCUT2D eigenvalue weighted by molar-refractivity contribution is 6.10. The van der Waals surface area contributed by atoms with Crippen LogP contribution in [-0.2, 0) is 9.59 Å². The van der Waals surface area contributed by atoms with Gasteiger partial charge in [0, 0.05) is 35.7 Å². The largest absolute Gasteiger partial charge is 0.493 e. The van der Waals surface area contributed by atoms with E-state index in [0.717, 1.165) is 35.5 Å². The number of carbonyl (C=O) groups excluding carboxylic acids is 3. The minimum absolute atomic E-state index is 0.0673. The van der Waals surface area contributed by atoms with Gasteiger partial charge in [0.25, 0.3) is 0 Å². The Bertz CT molecular complexity index is 1390. The van der Waals surface area contributed by atoms with Gasteiger partial charge in [-0.1, -0.05) is 36.4 Å². The summed E-state index contributed by atoms with van der Waals surface area (Å²) in [5.74, 6) is 0.267. The van der Waals surface area contributed by atoms with Gasteiger partial charge in [-0.3, -0.25) is 14.4 Å². The van der Waals surface area contributed by atoms with Crippen LogP contribution in [0.2, 0.25) is 0 Å². The van der Waals surface area contributed by atoms with E-state index in [4.69, 9.17) is 9.47 Å². The number of anilines is 2. The molecular weight excluding hydrogens is 456 g/mol. The second kappa shape index (κ2) is 9.70. The number of ether oxygens (including phenoxy) is 2. The predicted octanol–water partition coefficient (Wildman–Crippen LogP) is 5.44. The maximum atomic E-state index is 13.2. The molecule has 0 spiro atoms. The molecule has 7 nitrogen and oxygen atoms in total. The summed E-state index contributed by atoms with van der Waals surface area (Å²) < 4.78 is 10.7. The zero-order chi connectivity index (χ0) is 25.2. The van der Waals surface area contributed by atoms with Crippen molar-refractivity contribution in [1.82, 2.24) is 0 Å². The Morgan fingerprint density at radius 3 is 2.44 bits per heavy atom.